The van der Waals surface area contributed by atoms with E-state index in [1.165, 1.54) is 11.1 Å². The number of allylic oxidation sites excluding steroid dienone is 2. The number of hydrogen-bond acceptors (Lipinski definition) is 2. The molecule has 5 rings (SSSR count). The fourth-order valence-corrected chi connectivity index (χ4v) is 5.79. The molecule has 1 N–H and O–H groups in total. The molecule has 3 aromatic rings. The Morgan fingerprint density at radius 2 is 1.89 bits per heavy atom. The lowest BCUT2D eigenvalue weighted by molar-refractivity contribution is -0.137. The van der Waals surface area contributed by atoms with Gasteiger partial charge in [-0.2, -0.15) is 0 Å². The summed E-state index contributed by atoms with van der Waals surface area (Å²) in [6, 6.07) is 17.5. The zero-order valence-electron chi connectivity index (χ0n) is 21.2. The highest BCUT2D eigenvalue weighted by molar-refractivity contribution is 5.85. The molecule has 2 aliphatic carbocycles. The molecule has 0 aliphatic heterocycles. The molecule has 0 saturated heterocycles. The summed E-state index contributed by atoms with van der Waals surface area (Å²) in [4.78, 5) is 11.3. The Kier molecular flexibility index (Phi) is 6.46. The van der Waals surface area contributed by atoms with Gasteiger partial charge in [-0.3, -0.25) is 4.79 Å². The second-order valence-electron chi connectivity index (χ2n) is 10.9. The van der Waals surface area contributed by atoms with E-state index in [1.807, 2.05) is 37.3 Å². The zero-order valence-corrected chi connectivity index (χ0v) is 21.2. The van der Waals surface area contributed by atoms with Crippen LogP contribution in [0.15, 0.2) is 60.7 Å². The van der Waals surface area contributed by atoms with Crippen LogP contribution in [-0.4, -0.2) is 11.1 Å². The van der Waals surface area contributed by atoms with Crippen molar-refractivity contribution in [3.8, 4) is 16.9 Å². The Morgan fingerprint density at radius 3 is 2.64 bits per heavy atom. The molecule has 0 amide bonds. The molecule has 0 bridgehead atoms. The molecule has 4 heteroatoms. The van der Waals surface area contributed by atoms with Gasteiger partial charge < -0.3 is 9.84 Å². The van der Waals surface area contributed by atoms with Gasteiger partial charge in [-0.05, 0) is 108 Å². The molecule has 2 aliphatic rings. The monoisotopic (exact) mass is 484 g/mol. The first kappa shape index (κ1) is 24.3. The summed E-state index contributed by atoms with van der Waals surface area (Å²) in [5.74, 6) is -0.174. The summed E-state index contributed by atoms with van der Waals surface area (Å²) in [7, 11) is 0. The second kappa shape index (κ2) is 9.57. The van der Waals surface area contributed by atoms with Crippen molar-refractivity contribution in [3.63, 3.8) is 0 Å². The normalized spacial score (nSPS) is 18.1. The number of ether oxygens (including phenoxy) is 1. The predicted molar refractivity (Wildman–Crippen MR) is 142 cm³/mol. The molecule has 3 nitrogen and oxygen atoms in total. The van der Waals surface area contributed by atoms with Crippen LogP contribution in [0.4, 0.5) is 4.39 Å². The quantitative estimate of drug-likeness (QED) is 0.369. The molecular weight excluding hydrogens is 451 g/mol. The second-order valence-corrected chi connectivity index (χ2v) is 10.9. The van der Waals surface area contributed by atoms with Gasteiger partial charge >= 0.3 is 5.97 Å². The molecule has 186 valence electrons. The van der Waals surface area contributed by atoms with Crippen LogP contribution in [0, 0.1) is 18.2 Å². The summed E-state index contributed by atoms with van der Waals surface area (Å²) in [6.45, 7) is 6.88. The number of halogens is 1. The molecule has 0 aromatic heterocycles. The largest absolute Gasteiger partial charge is 0.489 e. The topological polar surface area (TPSA) is 46.5 Å². The Balaban J connectivity index is 1.45. The molecule has 0 heterocycles. The van der Waals surface area contributed by atoms with E-state index in [2.05, 4.69) is 32.1 Å². The molecule has 0 spiro atoms. The van der Waals surface area contributed by atoms with E-state index in [0.29, 0.717) is 12.2 Å². The Bertz CT molecular complexity index is 1350. The van der Waals surface area contributed by atoms with Crippen LogP contribution in [0.1, 0.15) is 73.3 Å². The molecule has 1 atom stereocenters. The van der Waals surface area contributed by atoms with E-state index in [-0.39, 0.29) is 23.6 Å². The molecule has 3 aromatic carbocycles. The van der Waals surface area contributed by atoms with Crippen LogP contribution in [-0.2, 0) is 17.8 Å². The van der Waals surface area contributed by atoms with Crippen LogP contribution < -0.4 is 4.74 Å². The lowest BCUT2D eigenvalue weighted by Crippen LogP contribution is -2.10. The average Bonchev–Trinajstić information content (AvgIpc) is 3.40. The zero-order chi connectivity index (χ0) is 25.4. The molecule has 0 unspecified atom stereocenters. The first-order valence-corrected chi connectivity index (χ1v) is 12.8. The van der Waals surface area contributed by atoms with Crippen molar-refractivity contribution in [2.75, 3.05) is 0 Å². The molecule has 36 heavy (non-hydrogen) atoms. The van der Waals surface area contributed by atoms with Crippen molar-refractivity contribution >= 4 is 11.5 Å². The van der Waals surface area contributed by atoms with Crippen molar-refractivity contribution in [3.05, 3.63) is 94.3 Å². The maximum absolute atomic E-state index is 14.9. The number of aryl methyl sites for hydroxylation is 2. The fraction of sp³-hybridized carbons (Fsp3) is 0.344. The predicted octanol–water partition coefficient (Wildman–Crippen LogP) is 8.09. The number of aliphatic carboxylic acids is 1. The smallest absolute Gasteiger partial charge is 0.303 e. The number of carbonyl (C=O) groups is 1. The highest BCUT2D eigenvalue weighted by Gasteiger charge is 2.30. The van der Waals surface area contributed by atoms with Gasteiger partial charge in [0.05, 0.1) is 6.42 Å². The van der Waals surface area contributed by atoms with Crippen LogP contribution >= 0.6 is 0 Å². The highest BCUT2D eigenvalue weighted by Crippen LogP contribution is 2.47. The van der Waals surface area contributed by atoms with E-state index < -0.39 is 5.97 Å². The van der Waals surface area contributed by atoms with E-state index in [0.717, 1.165) is 59.3 Å². The van der Waals surface area contributed by atoms with Crippen molar-refractivity contribution < 1.29 is 19.0 Å². The van der Waals surface area contributed by atoms with E-state index in [1.54, 1.807) is 12.1 Å². The number of carboxylic acids is 1. The molecular formula is C32H33FO3. The standard InChI is InChI=1S/C32H33FO3/c1-20-6-13-30(33)28(15-20)25-12-7-21(16-27(25)29-5-4-14-32(29,2)3)19-36-24-11-10-22-8-9-23(17-31(34)35)26(22)18-24/h5-7,10-13,15-16,18,23H,4,8-9,14,17,19H2,1-3H3,(H,34,35)/t23-/m0/s1. The molecule has 0 saturated carbocycles. The minimum absolute atomic E-state index is 0.0215. The number of rotatable bonds is 7. The van der Waals surface area contributed by atoms with Gasteiger partial charge in [0.1, 0.15) is 18.2 Å². The highest BCUT2D eigenvalue weighted by atomic mass is 19.1. The van der Waals surface area contributed by atoms with Crippen LogP contribution in [0.3, 0.4) is 0 Å². The molecule has 0 radical (unpaired) electrons. The van der Waals surface area contributed by atoms with Gasteiger partial charge in [0.2, 0.25) is 0 Å². The summed E-state index contributed by atoms with van der Waals surface area (Å²) < 4.78 is 21.1. The van der Waals surface area contributed by atoms with Crippen molar-refractivity contribution in [2.45, 2.75) is 65.4 Å². The minimum atomic E-state index is -0.763. The number of benzene rings is 3. The van der Waals surface area contributed by atoms with Crippen molar-refractivity contribution in [1.82, 2.24) is 0 Å². The Hall–Kier alpha value is -3.40. The fourth-order valence-electron chi connectivity index (χ4n) is 5.79. The SMILES string of the molecule is Cc1ccc(F)c(-c2ccc(COc3ccc4c(c3)[C@H](CC(=O)O)CC4)cc2C2=CCCC2(C)C)c1. The van der Waals surface area contributed by atoms with Crippen LogP contribution in [0.2, 0.25) is 0 Å². The third-order valence-electron chi connectivity index (χ3n) is 7.78. The van der Waals surface area contributed by atoms with Gasteiger partial charge in [-0.15, -0.1) is 0 Å². The van der Waals surface area contributed by atoms with Gasteiger partial charge in [-0.1, -0.05) is 49.8 Å². The summed E-state index contributed by atoms with van der Waals surface area (Å²) >= 11 is 0. The number of fused-ring (bicyclic) bond motifs is 1. The Morgan fingerprint density at radius 1 is 1.06 bits per heavy atom. The van der Waals surface area contributed by atoms with Crippen LogP contribution in [0.25, 0.3) is 16.7 Å². The van der Waals surface area contributed by atoms with E-state index in [9.17, 15) is 14.3 Å². The third kappa shape index (κ3) is 4.82. The average molecular weight is 485 g/mol. The number of carboxylic acid groups (broad SMARTS) is 1. The maximum atomic E-state index is 14.9. The molecule has 0 fully saturated rings. The lowest BCUT2D eigenvalue weighted by Gasteiger charge is -2.25. The van der Waals surface area contributed by atoms with Gasteiger partial charge in [0, 0.05) is 5.56 Å². The Labute approximate surface area is 212 Å². The van der Waals surface area contributed by atoms with E-state index >= 15 is 0 Å². The number of hydrogen-bond donors (Lipinski definition) is 1. The van der Waals surface area contributed by atoms with Gasteiger partial charge in [-0.25, -0.2) is 4.39 Å². The van der Waals surface area contributed by atoms with Crippen molar-refractivity contribution in [2.24, 2.45) is 5.41 Å². The van der Waals surface area contributed by atoms with Crippen molar-refractivity contribution in [1.29, 1.82) is 0 Å². The summed E-state index contributed by atoms with van der Waals surface area (Å²) in [6.07, 6.45) is 6.33. The van der Waals surface area contributed by atoms with E-state index in [4.69, 9.17) is 4.74 Å². The summed E-state index contributed by atoms with van der Waals surface area (Å²) in [5, 5.41) is 9.25. The summed E-state index contributed by atoms with van der Waals surface area (Å²) in [5.41, 5.74) is 8.25. The lowest BCUT2D eigenvalue weighted by atomic mass is 9.79. The van der Waals surface area contributed by atoms with Crippen LogP contribution in [0.5, 0.6) is 5.75 Å². The minimum Gasteiger partial charge on any atom is -0.489 e. The maximum Gasteiger partial charge on any atom is 0.303 e. The first-order valence-electron chi connectivity index (χ1n) is 12.8. The first-order chi connectivity index (χ1) is 17.2. The van der Waals surface area contributed by atoms with Gasteiger partial charge in [0.25, 0.3) is 0 Å². The van der Waals surface area contributed by atoms with Gasteiger partial charge in [0.15, 0.2) is 0 Å². The third-order valence-corrected chi connectivity index (χ3v) is 7.78.